The van der Waals surface area contributed by atoms with Crippen molar-refractivity contribution in [2.24, 2.45) is 0 Å². The van der Waals surface area contributed by atoms with Gasteiger partial charge in [-0.05, 0) is 36.4 Å². The van der Waals surface area contributed by atoms with Crippen LogP contribution in [0.2, 0.25) is 0 Å². The Labute approximate surface area is 168 Å². The molecule has 2 heterocycles. The van der Waals surface area contributed by atoms with E-state index in [1.54, 1.807) is 12.1 Å². The van der Waals surface area contributed by atoms with Crippen molar-refractivity contribution in [3.05, 3.63) is 58.3 Å². The predicted octanol–water partition coefficient (Wildman–Crippen LogP) is 2.74. The highest BCUT2D eigenvalue weighted by molar-refractivity contribution is 7.10. The first-order valence-corrected chi connectivity index (χ1v) is 10.3. The number of benzene rings is 1. The molecule has 7 heteroatoms. The first-order chi connectivity index (χ1) is 13.5. The van der Waals surface area contributed by atoms with Gasteiger partial charge in [-0.15, -0.1) is 11.3 Å². The van der Waals surface area contributed by atoms with E-state index in [2.05, 4.69) is 10.6 Å². The lowest BCUT2D eigenvalue weighted by Gasteiger charge is -2.33. The Morgan fingerprint density at radius 2 is 1.82 bits per heavy atom. The van der Waals surface area contributed by atoms with Gasteiger partial charge in [0, 0.05) is 36.5 Å². The van der Waals surface area contributed by atoms with Crippen LogP contribution >= 0.6 is 11.3 Å². The summed E-state index contributed by atoms with van der Waals surface area (Å²) in [7, 11) is 0. The lowest BCUT2D eigenvalue weighted by Crippen LogP contribution is -2.47. The maximum absolute atomic E-state index is 12.7. The van der Waals surface area contributed by atoms with Gasteiger partial charge in [0.15, 0.2) is 0 Å². The SMILES string of the molecule is CC(=O)NC(CC(=O)N1CCC(NC(=O)c2ccccc2)CC1)c1cccs1. The summed E-state index contributed by atoms with van der Waals surface area (Å²) in [4.78, 5) is 39.3. The summed E-state index contributed by atoms with van der Waals surface area (Å²) in [6, 6.07) is 12.8. The first kappa shape index (κ1) is 20.1. The predicted molar refractivity (Wildman–Crippen MR) is 109 cm³/mol. The molecule has 0 bridgehead atoms. The Hall–Kier alpha value is -2.67. The number of piperidine rings is 1. The number of rotatable bonds is 6. The van der Waals surface area contributed by atoms with E-state index in [-0.39, 0.29) is 36.2 Å². The molecule has 28 heavy (non-hydrogen) atoms. The van der Waals surface area contributed by atoms with Gasteiger partial charge >= 0.3 is 0 Å². The molecule has 2 N–H and O–H groups in total. The van der Waals surface area contributed by atoms with Crippen LogP contribution in [0.4, 0.5) is 0 Å². The van der Waals surface area contributed by atoms with Gasteiger partial charge < -0.3 is 15.5 Å². The van der Waals surface area contributed by atoms with E-state index in [9.17, 15) is 14.4 Å². The van der Waals surface area contributed by atoms with Crippen LogP contribution in [0.15, 0.2) is 47.8 Å². The summed E-state index contributed by atoms with van der Waals surface area (Å²) in [5.41, 5.74) is 0.648. The van der Waals surface area contributed by atoms with Gasteiger partial charge in [-0.1, -0.05) is 24.3 Å². The fourth-order valence-corrected chi connectivity index (χ4v) is 4.17. The third kappa shape index (κ3) is 5.42. The highest BCUT2D eigenvalue weighted by Gasteiger charge is 2.27. The normalized spacial score (nSPS) is 15.7. The van der Waals surface area contributed by atoms with Crippen LogP contribution in [0.3, 0.4) is 0 Å². The minimum atomic E-state index is -0.291. The Balaban J connectivity index is 1.50. The molecule has 1 saturated heterocycles. The second kappa shape index (κ2) is 9.50. The summed E-state index contributed by atoms with van der Waals surface area (Å²) in [6.45, 7) is 2.68. The second-order valence-corrected chi connectivity index (χ2v) is 7.95. The van der Waals surface area contributed by atoms with Gasteiger partial charge in [-0.25, -0.2) is 0 Å². The molecule has 1 aromatic carbocycles. The quantitative estimate of drug-likeness (QED) is 0.784. The lowest BCUT2D eigenvalue weighted by molar-refractivity contribution is -0.133. The number of nitrogens with one attached hydrogen (secondary N) is 2. The molecule has 1 atom stereocenters. The average Bonchev–Trinajstić information content (AvgIpc) is 3.23. The fourth-order valence-electron chi connectivity index (χ4n) is 3.39. The van der Waals surface area contributed by atoms with Crippen molar-refractivity contribution in [1.82, 2.24) is 15.5 Å². The molecule has 148 valence electrons. The largest absolute Gasteiger partial charge is 0.349 e. The molecular weight excluding hydrogens is 374 g/mol. The molecule has 1 aromatic heterocycles. The summed E-state index contributed by atoms with van der Waals surface area (Å²) in [5.74, 6) is -0.192. The summed E-state index contributed by atoms with van der Waals surface area (Å²) < 4.78 is 0. The first-order valence-electron chi connectivity index (χ1n) is 9.47. The smallest absolute Gasteiger partial charge is 0.251 e. The number of nitrogens with zero attached hydrogens (tertiary/aromatic N) is 1. The average molecular weight is 400 g/mol. The molecule has 3 amide bonds. The van der Waals surface area contributed by atoms with Gasteiger partial charge in [0.1, 0.15) is 0 Å². The highest BCUT2D eigenvalue weighted by atomic mass is 32.1. The zero-order valence-electron chi connectivity index (χ0n) is 15.9. The van der Waals surface area contributed by atoms with Crippen LogP contribution in [0.5, 0.6) is 0 Å². The Kier molecular flexibility index (Phi) is 6.81. The van der Waals surface area contributed by atoms with Crippen molar-refractivity contribution in [2.75, 3.05) is 13.1 Å². The number of thiophene rings is 1. The number of amides is 3. The molecule has 1 aliphatic heterocycles. The van der Waals surface area contributed by atoms with Crippen molar-refractivity contribution in [3.63, 3.8) is 0 Å². The molecule has 0 saturated carbocycles. The maximum atomic E-state index is 12.7. The molecule has 1 fully saturated rings. The van der Waals surface area contributed by atoms with Crippen molar-refractivity contribution < 1.29 is 14.4 Å². The van der Waals surface area contributed by atoms with E-state index in [0.717, 1.165) is 17.7 Å². The van der Waals surface area contributed by atoms with Gasteiger partial charge in [-0.3, -0.25) is 14.4 Å². The lowest BCUT2D eigenvalue weighted by atomic mass is 10.0. The molecule has 1 aliphatic rings. The number of likely N-dealkylation sites (tertiary alicyclic amines) is 1. The molecular formula is C21H25N3O3S. The topological polar surface area (TPSA) is 78.5 Å². The van der Waals surface area contributed by atoms with Crippen LogP contribution in [-0.2, 0) is 9.59 Å². The third-order valence-corrected chi connectivity index (χ3v) is 5.85. The van der Waals surface area contributed by atoms with Crippen LogP contribution in [-0.4, -0.2) is 41.8 Å². The van der Waals surface area contributed by atoms with Gasteiger partial charge in [-0.2, -0.15) is 0 Å². The molecule has 0 aliphatic carbocycles. The van der Waals surface area contributed by atoms with E-state index < -0.39 is 0 Å². The van der Waals surface area contributed by atoms with Crippen LogP contribution < -0.4 is 10.6 Å². The summed E-state index contributed by atoms with van der Waals surface area (Å²) in [6.07, 6.45) is 1.71. The Morgan fingerprint density at radius 3 is 2.43 bits per heavy atom. The highest BCUT2D eigenvalue weighted by Crippen LogP contribution is 2.24. The molecule has 6 nitrogen and oxygen atoms in total. The van der Waals surface area contributed by atoms with Crippen LogP contribution in [0.25, 0.3) is 0 Å². The van der Waals surface area contributed by atoms with Crippen molar-refractivity contribution in [1.29, 1.82) is 0 Å². The monoisotopic (exact) mass is 399 g/mol. The van der Waals surface area contributed by atoms with Crippen LogP contribution in [0.1, 0.15) is 47.5 Å². The number of hydrogen-bond donors (Lipinski definition) is 2. The van der Waals surface area contributed by atoms with E-state index in [1.165, 1.54) is 18.3 Å². The van der Waals surface area contributed by atoms with Crippen LogP contribution in [0, 0.1) is 0 Å². The van der Waals surface area contributed by atoms with Gasteiger partial charge in [0.2, 0.25) is 11.8 Å². The number of carbonyl (C=O) groups is 3. The number of hydrogen-bond acceptors (Lipinski definition) is 4. The Bertz CT molecular complexity index is 800. The molecule has 0 radical (unpaired) electrons. The van der Waals surface area contributed by atoms with E-state index >= 15 is 0 Å². The van der Waals surface area contributed by atoms with E-state index in [1.807, 2.05) is 40.6 Å². The van der Waals surface area contributed by atoms with Crippen molar-refractivity contribution >= 4 is 29.1 Å². The van der Waals surface area contributed by atoms with Gasteiger partial charge in [0.05, 0.1) is 12.5 Å². The maximum Gasteiger partial charge on any atom is 0.251 e. The zero-order chi connectivity index (χ0) is 19.9. The third-order valence-electron chi connectivity index (χ3n) is 4.86. The minimum absolute atomic E-state index is 0.0278. The minimum Gasteiger partial charge on any atom is -0.349 e. The standard InChI is InChI=1S/C21H25N3O3S/c1-15(25)22-18(19-8-5-13-28-19)14-20(26)24-11-9-17(10-12-24)23-21(27)16-6-3-2-4-7-16/h2-8,13,17-18H,9-12,14H2,1H3,(H,22,25)(H,23,27). The van der Waals surface area contributed by atoms with E-state index in [0.29, 0.717) is 18.7 Å². The molecule has 0 spiro atoms. The summed E-state index contributed by atoms with van der Waals surface area (Å²) in [5, 5.41) is 7.86. The number of carbonyl (C=O) groups excluding carboxylic acids is 3. The fraction of sp³-hybridized carbons (Fsp3) is 0.381. The Morgan fingerprint density at radius 1 is 1.11 bits per heavy atom. The van der Waals surface area contributed by atoms with Gasteiger partial charge in [0.25, 0.3) is 5.91 Å². The second-order valence-electron chi connectivity index (χ2n) is 6.97. The van der Waals surface area contributed by atoms with E-state index in [4.69, 9.17) is 0 Å². The van der Waals surface area contributed by atoms with Crippen molar-refractivity contribution in [2.45, 2.75) is 38.3 Å². The zero-order valence-corrected chi connectivity index (χ0v) is 16.7. The summed E-state index contributed by atoms with van der Waals surface area (Å²) >= 11 is 1.53. The molecule has 1 unspecified atom stereocenters. The molecule has 2 aromatic rings. The van der Waals surface area contributed by atoms with Crippen molar-refractivity contribution in [3.8, 4) is 0 Å². The molecule has 3 rings (SSSR count).